The lowest BCUT2D eigenvalue weighted by atomic mass is 10.2. The number of sulfonamides is 1. The van der Waals surface area contributed by atoms with Crippen molar-refractivity contribution in [3.05, 3.63) is 101 Å². The maximum atomic E-state index is 13.0. The number of anilines is 2. The van der Waals surface area contributed by atoms with Gasteiger partial charge in [-0.05, 0) is 62.4 Å². The number of hydrogen-bond acceptors (Lipinski definition) is 4. The Morgan fingerprint density at radius 3 is 2.39 bits per heavy atom. The van der Waals surface area contributed by atoms with Crippen LogP contribution in [0.25, 0.3) is 5.69 Å². The molecule has 0 aliphatic heterocycles. The second kappa shape index (κ2) is 9.09. The van der Waals surface area contributed by atoms with E-state index in [9.17, 15) is 13.2 Å². The Hall–Kier alpha value is -3.62. The van der Waals surface area contributed by atoms with Gasteiger partial charge in [-0.2, -0.15) is 5.10 Å². The number of carbonyl (C=O) groups excluding carboxylic acids is 1. The topological polar surface area (TPSA) is 93.1 Å². The molecular weight excluding hydrogens is 460 g/mol. The Bertz CT molecular complexity index is 1430. The average molecular weight is 481 g/mol. The van der Waals surface area contributed by atoms with Crippen molar-refractivity contribution in [3.63, 3.8) is 0 Å². The number of carbonyl (C=O) groups is 1. The zero-order valence-corrected chi connectivity index (χ0v) is 19.5. The Kier molecular flexibility index (Phi) is 6.22. The summed E-state index contributed by atoms with van der Waals surface area (Å²) < 4.78 is 29.9. The standard InChI is InChI=1S/C24H21ClN4O3S/c1-16-23(17(2)29(27-16)21-11-4-3-5-12-21)26-24(30)18-8-6-13-22(14-18)33(31,32)28-20-10-7-9-19(25)15-20/h3-15,28H,1-2H3,(H,26,30). The van der Waals surface area contributed by atoms with Gasteiger partial charge >= 0.3 is 0 Å². The molecule has 7 nitrogen and oxygen atoms in total. The summed E-state index contributed by atoms with van der Waals surface area (Å²) in [6, 6.07) is 21.8. The van der Waals surface area contributed by atoms with Crippen LogP contribution in [0, 0.1) is 13.8 Å². The fourth-order valence-electron chi connectivity index (χ4n) is 3.40. The molecule has 0 fully saturated rings. The highest BCUT2D eigenvalue weighted by atomic mass is 35.5. The fraction of sp³-hybridized carbons (Fsp3) is 0.0833. The van der Waals surface area contributed by atoms with Gasteiger partial charge in [-0.3, -0.25) is 9.52 Å². The summed E-state index contributed by atoms with van der Waals surface area (Å²) in [4.78, 5) is 12.9. The zero-order valence-electron chi connectivity index (χ0n) is 17.9. The number of para-hydroxylation sites is 1. The van der Waals surface area contributed by atoms with Gasteiger partial charge in [0, 0.05) is 10.6 Å². The van der Waals surface area contributed by atoms with Crippen molar-refractivity contribution in [1.82, 2.24) is 9.78 Å². The van der Waals surface area contributed by atoms with Crippen molar-refractivity contribution in [1.29, 1.82) is 0 Å². The maximum absolute atomic E-state index is 13.0. The molecule has 0 atom stereocenters. The zero-order chi connectivity index (χ0) is 23.6. The summed E-state index contributed by atoms with van der Waals surface area (Å²) in [5, 5.41) is 7.80. The van der Waals surface area contributed by atoms with Crippen LogP contribution in [0.15, 0.2) is 83.8 Å². The number of halogens is 1. The molecule has 168 valence electrons. The molecule has 9 heteroatoms. The SMILES string of the molecule is Cc1nn(-c2ccccc2)c(C)c1NC(=O)c1cccc(S(=O)(=O)Nc2cccc(Cl)c2)c1. The highest BCUT2D eigenvalue weighted by Crippen LogP contribution is 2.24. The van der Waals surface area contributed by atoms with E-state index in [-0.39, 0.29) is 10.5 Å². The number of amides is 1. The normalized spacial score (nSPS) is 11.2. The third-order valence-corrected chi connectivity index (χ3v) is 6.63. The van der Waals surface area contributed by atoms with Gasteiger partial charge in [0.1, 0.15) is 0 Å². The summed E-state index contributed by atoms with van der Waals surface area (Å²) in [5.74, 6) is -0.436. The van der Waals surface area contributed by atoms with Crippen LogP contribution in [0.1, 0.15) is 21.7 Å². The third kappa shape index (κ3) is 4.92. The lowest BCUT2D eigenvalue weighted by Gasteiger charge is -2.10. The molecule has 0 spiro atoms. The first-order valence-electron chi connectivity index (χ1n) is 10.1. The highest BCUT2D eigenvalue weighted by molar-refractivity contribution is 7.92. The van der Waals surface area contributed by atoms with Crippen molar-refractivity contribution >= 4 is 38.9 Å². The van der Waals surface area contributed by atoms with Crippen molar-refractivity contribution in [2.75, 3.05) is 10.0 Å². The summed E-state index contributed by atoms with van der Waals surface area (Å²) >= 11 is 5.94. The number of benzene rings is 3. The minimum Gasteiger partial charge on any atom is -0.319 e. The van der Waals surface area contributed by atoms with Crippen LogP contribution in [-0.2, 0) is 10.0 Å². The summed E-state index contributed by atoms with van der Waals surface area (Å²) in [5.41, 5.74) is 3.40. The van der Waals surface area contributed by atoms with Crippen LogP contribution in [0.4, 0.5) is 11.4 Å². The van der Waals surface area contributed by atoms with Crippen LogP contribution < -0.4 is 10.0 Å². The molecule has 1 amide bonds. The smallest absolute Gasteiger partial charge is 0.261 e. The summed E-state index contributed by atoms with van der Waals surface area (Å²) in [6.07, 6.45) is 0. The molecule has 2 N–H and O–H groups in total. The molecule has 0 saturated heterocycles. The van der Waals surface area contributed by atoms with Crippen LogP contribution in [-0.4, -0.2) is 24.1 Å². The Labute approximate surface area is 197 Å². The number of hydrogen-bond donors (Lipinski definition) is 2. The van der Waals surface area contributed by atoms with Crippen LogP contribution >= 0.6 is 11.6 Å². The lowest BCUT2D eigenvalue weighted by molar-refractivity contribution is 0.102. The molecule has 0 bridgehead atoms. The molecule has 1 aromatic heterocycles. The second-order valence-corrected chi connectivity index (χ2v) is 9.51. The Morgan fingerprint density at radius 2 is 1.67 bits per heavy atom. The van der Waals surface area contributed by atoms with Gasteiger partial charge in [0.2, 0.25) is 0 Å². The number of nitrogens with one attached hydrogen (secondary N) is 2. The minimum atomic E-state index is -3.91. The molecule has 4 rings (SSSR count). The first kappa shape index (κ1) is 22.6. The lowest BCUT2D eigenvalue weighted by Crippen LogP contribution is -2.16. The summed E-state index contributed by atoms with van der Waals surface area (Å²) in [6.45, 7) is 3.66. The molecule has 1 heterocycles. The van der Waals surface area contributed by atoms with Crippen molar-refractivity contribution < 1.29 is 13.2 Å². The van der Waals surface area contributed by atoms with E-state index in [4.69, 9.17) is 11.6 Å². The molecule has 0 saturated carbocycles. The van der Waals surface area contributed by atoms with E-state index in [0.29, 0.717) is 22.1 Å². The van der Waals surface area contributed by atoms with Crippen LogP contribution in [0.3, 0.4) is 0 Å². The van der Waals surface area contributed by atoms with Crippen molar-refractivity contribution in [2.45, 2.75) is 18.7 Å². The molecule has 0 aliphatic rings. The van der Waals surface area contributed by atoms with Crippen molar-refractivity contribution in [2.24, 2.45) is 0 Å². The van der Waals surface area contributed by atoms with Gasteiger partial charge in [-0.25, -0.2) is 13.1 Å². The van der Waals surface area contributed by atoms with Crippen LogP contribution in [0.5, 0.6) is 0 Å². The van der Waals surface area contributed by atoms with Gasteiger partial charge < -0.3 is 5.32 Å². The Balaban J connectivity index is 1.58. The van der Waals surface area contributed by atoms with Gasteiger partial charge in [0.05, 0.1) is 33.3 Å². The first-order valence-corrected chi connectivity index (χ1v) is 11.9. The van der Waals surface area contributed by atoms with E-state index in [0.717, 1.165) is 11.4 Å². The van der Waals surface area contributed by atoms with E-state index in [1.807, 2.05) is 37.3 Å². The molecule has 33 heavy (non-hydrogen) atoms. The number of aryl methyl sites for hydroxylation is 1. The predicted octanol–water partition coefficient (Wildman–Crippen LogP) is 5.20. The average Bonchev–Trinajstić information content (AvgIpc) is 3.08. The third-order valence-electron chi connectivity index (χ3n) is 5.01. The van der Waals surface area contributed by atoms with Crippen molar-refractivity contribution in [3.8, 4) is 5.69 Å². The second-order valence-electron chi connectivity index (χ2n) is 7.39. The molecule has 0 aliphatic carbocycles. The monoisotopic (exact) mass is 480 g/mol. The molecule has 0 radical (unpaired) electrons. The highest BCUT2D eigenvalue weighted by Gasteiger charge is 2.19. The predicted molar refractivity (Wildman–Crippen MR) is 130 cm³/mol. The first-order chi connectivity index (χ1) is 15.7. The number of nitrogens with zero attached hydrogens (tertiary/aromatic N) is 2. The van der Waals surface area contributed by atoms with Crippen LogP contribution in [0.2, 0.25) is 5.02 Å². The maximum Gasteiger partial charge on any atom is 0.261 e. The molecule has 3 aromatic carbocycles. The van der Waals surface area contributed by atoms with Gasteiger partial charge in [0.25, 0.3) is 15.9 Å². The van der Waals surface area contributed by atoms with E-state index in [2.05, 4.69) is 15.1 Å². The van der Waals surface area contributed by atoms with Gasteiger partial charge in [-0.1, -0.05) is 41.9 Å². The molecule has 0 unspecified atom stereocenters. The number of aromatic nitrogens is 2. The minimum absolute atomic E-state index is 0.0384. The molecular formula is C24H21ClN4O3S. The largest absolute Gasteiger partial charge is 0.319 e. The van der Waals surface area contributed by atoms with Gasteiger partial charge in [0.15, 0.2) is 0 Å². The van der Waals surface area contributed by atoms with E-state index >= 15 is 0 Å². The van der Waals surface area contributed by atoms with E-state index in [1.54, 1.807) is 35.9 Å². The quantitative estimate of drug-likeness (QED) is 0.397. The van der Waals surface area contributed by atoms with Gasteiger partial charge in [-0.15, -0.1) is 0 Å². The van der Waals surface area contributed by atoms with E-state index < -0.39 is 15.9 Å². The number of rotatable bonds is 6. The Morgan fingerprint density at radius 1 is 0.939 bits per heavy atom. The fourth-order valence-corrected chi connectivity index (χ4v) is 4.69. The molecule has 4 aromatic rings. The van der Waals surface area contributed by atoms with E-state index in [1.165, 1.54) is 24.3 Å². The summed E-state index contributed by atoms with van der Waals surface area (Å²) in [7, 11) is -3.91.